The molecule has 0 atom stereocenters. The topological polar surface area (TPSA) is 162 Å². The zero-order chi connectivity index (χ0) is 26.6. The van der Waals surface area contributed by atoms with Gasteiger partial charge in [0, 0.05) is 23.3 Å². The maximum Gasteiger partial charge on any atom is 1.00 e. The number of nitrogens with one attached hydrogen (secondary N) is 3. The molecule has 2 aromatic rings. The Morgan fingerprint density at radius 2 is 1.25 bits per heavy atom. The Morgan fingerprint density at radius 1 is 0.833 bits per heavy atom. The van der Waals surface area contributed by atoms with E-state index in [4.69, 9.17) is 12.2 Å². The Kier molecular flexibility index (Phi) is 11.7. The Morgan fingerprint density at radius 3 is 1.61 bits per heavy atom. The van der Waals surface area contributed by atoms with E-state index in [-0.39, 0.29) is 69.4 Å². The van der Waals surface area contributed by atoms with Crippen LogP contribution in [0.2, 0.25) is 0 Å². The Hall–Kier alpha value is -1.84. The number of carbonyl (C=O) groups is 1. The SMILES string of the molecule is CC(C)NC(=S)Nc1ccc(/C=C/c2ccc(NC(=O)C(C)C)cc2S(=O)(=O)O)c(S(=O)(=O)O)c1.[Na+]. The average Bonchev–Trinajstić information content (AvgIpc) is 2.71. The number of anilines is 2. The van der Waals surface area contributed by atoms with Crippen LogP contribution >= 0.6 is 12.2 Å². The third-order valence-corrected chi connectivity index (χ3v) is 6.53. The third-order valence-electron chi connectivity index (χ3n) is 4.49. The second-order valence-corrected chi connectivity index (χ2v) is 11.4. The smallest absolute Gasteiger partial charge is 0.360 e. The molecular formula is C22H27N3NaO7S3+. The summed E-state index contributed by atoms with van der Waals surface area (Å²) < 4.78 is 67.2. The van der Waals surface area contributed by atoms with Crippen LogP contribution < -0.4 is 45.5 Å². The van der Waals surface area contributed by atoms with Gasteiger partial charge in [-0.3, -0.25) is 13.9 Å². The zero-order valence-corrected chi connectivity index (χ0v) is 24.9. The fourth-order valence-corrected chi connectivity index (χ4v) is 4.62. The van der Waals surface area contributed by atoms with Crippen LogP contribution in [0.15, 0.2) is 46.2 Å². The number of hydrogen-bond acceptors (Lipinski definition) is 6. The molecule has 190 valence electrons. The van der Waals surface area contributed by atoms with Crippen LogP contribution in [0.1, 0.15) is 38.8 Å². The quantitative estimate of drug-likeness (QED) is 0.133. The second kappa shape index (κ2) is 13.1. The summed E-state index contributed by atoms with van der Waals surface area (Å²) in [5.74, 6) is -0.695. The van der Waals surface area contributed by atoms with Crippen molar-refractivity contribution in [2.45, 2.75) is 43.5 Å². The number of benzene rings is 2. The number of hydrogen-bond donors (Lipinski definition) is 5. The van der Waals surface area contributed by atoms with Crippen LogP contribution in [0.4, 0.5) is 11.4 Å². The molecule has 10 nitrogen and oxygen atoms in total. The third kappa shape index (κ3) is 9.56. The van der Waals surface area contributed by atoms with Crippen molar-refractivity contribution in [3.63, 3.8) is 0 Å². The van der Waals surface area contributed by atoms with Gasteiger partial charge in [0.25, 0.3) is 20.2 Å². The van der Waals surface area contributed by atoms with Crippen LogP contribution in [0.5, 0.6) is 0 Å². The van der Waals surface area contributed by atoms with E-state index in [1.807, 2.05) is 13.8 Å². The van der Waals surface area contributed by atoms with Gasteiger partial charge >= 0.3 is 29.6 Å². The second-order valence-electron chi connectivity index (χ2n) is 8.19. The van der Waals surface area contributed by atoms with Gasteiger partial charge in [-0.25, -0.2) is 0 Å². The number of thiocarbonyl (C=S) groups is 1. The summed E-state index contributed by atoms with van der Waals surface area (Å²) >= 11 is 5.14. The molecule has 0 unspecified atom stereocenters. The van der Waals surface area contributed by atoms with Gasteiger partial charge < -0.3 is 16.0 Å². The molecule has 0 saturated heterocycles. The van der Waals surface area contributed by atoms with Crippen molar-refractivity contribution in [1.82, 2.24) is 5.32 Å². The van der Waals surface area contributed by atoms with E-state index in [0.29, 0.717) is 5.69 Å². The maximum atomic E-state index is 12.0. The summed E-state index contributed by atoms with van der Waals surface area (Å²) in [5, 5.41) is 8.56. The summed E-state index contributed by atoms with van der Waals surface area (Å²) in [5.41, 5.74) is 0.547. The van der Waals surface area contributed by atoms with Gasteiger partial charge in [-0.2, -0.15) is 16.8 Å². The minimum absolute atomic E-state index is 0. The van der Waals surface area contributed by atoms with Gasteiger partial charge in [-0.05, 0) is 61.5 Å². The maximum absolute atomic E-state index is 12.0. The zero-order valence-electron chi connectivity index (χ0n) is 20.4. The molecule has 0 saturated carbocycles. The van der Waals surface area contributed by atoms with E-state index in [2.05, 4.69) is 16.0 Å². The molecule has 0 aromatic heterocycles. The molecular weight excluding hydrogens is 537 g/mol. The summed E-state index contributed by atoms with van der Waals surface area (Å²) in [6.07, 6.45) is 2.53. The molecule has 0 aliphatic rings. The van der Waals surface area contributed by atoms with E-state index in [1.165, 1.54) is 42.5 Å². The van der Waals surface area contributed by atoms with Gasteiger partial charge in [-0.1, -0.05) is 38.1 Å². The van der Waals surface area contributed by atoms with E-state index < -0.39 is 30.0 Å². The summed E-state index contributed by atoms with van der Waals surface area (Å²) in [6, 6.07) is 8.01. The van der Waals surface area contributed by atoms with E-state index in [1.54, 1.807) is 13.8 Å². The first-order valence-corrected chi connectivity index (χ1v) is 13.7. The fourth-order valence-electron chi connectivity index (χ4n) is 2.84. The molecule has 0 bridgehead atoms. The number of rotatable bonds is 8. The average molecular weight is 565 g/mol. The molecule has 0 aliphatic carbocycles. The van der Waals surface area contributed by atoms with Crippen molar-refractivity contribution in [1.29, 1.82) is 0 Å². The van der Waals surface area contributed by atoms with Crippen LogP contribution in [0.25, 0.3) is 12.2 Å². The van der Waals surface area contributed by atoms with Gasteiger partial charge in [0.05, 0.1) is 0 Å². The largest absolute Gasteiger partial charge is 1.00 e. The normalized spacial score (nSPS) is 11.9. The molecule has 1 amide bonds. The fraction of sp³-hybridized carbons (Fsp3) is 0.273. The molecule has 0 spiro atoms. The summed E-state index contributed by atoms with van der Waals surface area (Å²) in [6.45, 7) is 7.07. The van der Waals surface area contributed by atoms with Gasteiger partial charge in [0.1, 0.15) is 9.79 Å². The standard InChI is InChI=1S/C22H27N3O7S3.Na/c1-13(2)21(26)24-17-9-7-15(19(11-17)34(27,28)29)5-6-16-8-10-18(12-20(16)35(30,31)32)25-22(33)23-14(3)4;/h5-14H,1-4H3,(H,24,26)(H2,23,25,33)(H,27,28,29)(H,30,31,32);/q;+1/b6-5+;. The minimum Gasteiger partial charge on any atom is -0.360 e. The Labute approximate surface area is 238 Å². The van der Waals surface area contributed by atoms with Crippen molar-refractivity contribution in [2.75, 3.05) is 10.6 Å². The monoisotopic (exact) mass is 564 g/mol. The van der Waals surface area contributed by atoms with Crippen LogP contribution in [-0.2, 0) is 25.0 Å². The Bertz CT molecular complexity index is 1370. The predicted molar refractivity (Wildman–Crippen MR) is 139 cm³/mol. The van der Waals surface area contributed by atoms with Crippen molar-refractivity contribution < 1.29 is 60.3 Å². The molecule has 0 radical (unpaired) electrons. The van der Waals surface area contributed by atoms with Crippen molar-refractivity contribution >= 4 is 67.0 Å². The van der Waals surface area contributed by atoms with Gasteiger partial charge in [-0.15, -0.1) is 0 Å². The minimum atomic E-state index is -4.69. The van der Waals surface area contributed by atoms with Crippen LogP contribution in [-0.4, -0.2) is 43.0 Å². The predicted octanol–water partition coefficient (Wildman–Crippen LogP) is 0.644. The van der Waals surface area contributed by atoms with E-state index in [0.717, 1.165) is 6.07 Å². The first-order chi connectivity index (χ1) is 16.1. The molecule has 2 aromatic carbocycles. The molecule has 0 heterocycles. The summed E-state index contributed by atoms with van der Waals surface area (Å²) in [4.78, 5) is 11.0. The van der Waals surface area contributed by atoms with E-state index in [9.17, 15) is 30.7 Å². The van der Waals surface area contributed by atoms with Crippen LogP contribution in [0, 0.1) is 5.92 Å². The number of amides is 1. The first-order valence-electron chi connectivity index (χ1n) is 10.4. The van der Waals surface area contributed by atoms with E-state index >= 15 is 0 Å². The van der Waals surface area contributed by atoms with Crippen molar-refractivity contribution in [3.8, 4) is 0 Å². The van der Waals surface area contributed by atoms with Crippen LogP contribution in [0.3, 0.4) is 0 Å². The molecule has 2 rings (SSSR count). The molecule has 0 aliphatic heterocycles. The molecule has 36 heavy (non-hydrogen) atoms. The molecule has 5 N–H and O–H groups in total. The van der Waals surface area contributed by atoms with Crippen molar-refractivity contribution in [3.05, 3.63) is 47.5 Å². The number of carbonyl (C=O) groups excluding carboxylic acids is 1. The van der Waals surface area contributed by atoms with Gasteiger partial charge in [0.2, 0.25) is 5.91 Å². The van der Waals surface area contributed by atoms with Gasteiger partial charge in [0.15, 0.2) is 5.11 Å². The molecule has 14 heteroatoms. The van der Waals surface area contributed by atoms with Crippen molar-refractivity contribution in [2.24, 2.45) is 5.92 Å². The first kappa shape index (κ1) is 32.2. The molecule has 0 fully saturated rings. The Balaban J connectivity index is 0.00000648. The summed E-state index contributed by atoms with van der Waals surface area (Å²) in [7, 11) is -9.34.